The third-order valence-electron chi connectivity index (χ3n) is 2.91. The lowest BCUT2D eigenvalue weighted by Crippen LogP contribution is -2.48. The topological polar surface area (TPSA) is 56.5 Å². The molecule has 0 bridgehead atoms. The van der Waals surface area contributed by atoms with Crippen LogP contribution in [0.15, 0.2) is 24.3 Å². The average molecular weight is 252 g/mol. The fourth-order valence-electron chi connectivity index (χ4n) is 1.92. The predicted octanol–water partition coefficient (Wildman–Crippen LogP) is 1.77. The molecule has 0 fully saturated rings. The van der Waals surface area contributed by atoms with Gasteiger partial charge < -0.3 is 9.47 Å². The maximum Gasteiger partial charge on any atom is 0.174 e. The highest BCUT2D eigenvalue weighted by atomic mass is 16.7. The molecule has 1 rings (SSSR count). The molecule has 0 heterocycles. The van der Waals surface area contributed by atoms with Gasteiger partial charge in [-0.05, 0) is 38.3 Å². The van der Waals surface area contributed by atoms with Gasteiger partial charge in [0.05, 0.1) is 6.04 Å². The lowest BCUT2D eigenvalue weighted by molar-refractivity contribution is -0.153. The van der Waals surface area contributed by atoms with Gasteiger partial charge in [0.2, 0.25) is 0 Å². The van der Waals surface area contributed by atoms with Crippen LogP contribution >= 0.6 is 0 Å². The van der Waals surface area contributed by atoms with Crippen molar-refractivity contribution in [1.82, 2.24) is 5.43 Å². The summed E-state index contributed by atoms with van der Waals surface area (Å²) < 4.78 is 11.2. The second kappa shape index (κ2) is 8.21. The van der Waals surface area contributed by atoms with Gasteiger partial charge in [-0.2, -0.15) is 0 Å². The van der Waals surface area contributed by atoms with Crippen molar-refractivity contribution in [3.05, 3.63) is 35.4 Å². The first-order chi connectivity index (χ1) is 8.72. The molecule has 1 unspecified atom stereocenters. The number of aryl methyl sites for hydroxylation is 1. The average Bonchev–Trinajstić information content (AvgIpc) is 2.38. The van der Waals surface area contributed by atoms with Gasteiger partial charge in [-0.3, -0.25) is 11.3 Å². The van der Waals surface area contributed by atoms with E-state index in [0.717, 1.165) is 6.42 Å². The van der Waals surface area contributed by atoms with Gasteiger partial charge in [0.15, 0.2) is 6.29 Å². The van der Waals surface area contributed by atoms with Gasteiger partial charge in [-0.25, -0.2) is 0 Å². The number of hydrogen-bond donors (Lipinski definition) is 2. The minimum atomic E-state index is -0.315. The van der Waals surface area contributed by atoms with E-state index in [2.05, 4.69) is 24.5 Å². The minimum Gasteiger partial charge on any atom is -0.351 e. The van der Waals surface area contributed by atoms with E-state index in [1.165, 1.54) is 11.1 Å². The first-order valence-corrected chi connectivity index (χ1v) is 6.46. The summed E-state index contributed by atoms with van der Waals surface area (Å²) in [6, 6.07) is 8.22. The SMILES string of the molecule is CCOC(OCC)C(Cc1ccccc1C)NN. The molecule has 18 heavy (non-hydrogen) atoms. The highest BCUT2D eigenvalue weighted by molar-refractivity contribution is 5.26. The lowest BCUT2D eigenvalue weighted by atomic mass is 10.0. The molecule has 3 N–H and O–H groups in total. The molecule has 1 aromatic carbocycles. The number of hydrazine groups is 1. The molecule has 1 aromatic rings. The number of hydrogen-bond acceptors (Lipinski definition) is 4. The molecule has 0 spiro atoms. The predicted molar refractivity (Wildman–Crippen MR) is 73.0 cm³/mol. The van der Waals surface area contributed by atoms with E-state index in [9.17, 15) is 0 Å². The van der Waals surface area contributed by atoms with E-state index in [4.69, 9.17) is 15.3 Å². The smallest absolute Gasteiger partial charge is 0.174 e. The van der Waals surface area contributed by atoms with Gasteiger partial charge in [-0.15, -0.1) is 0 Å². The van der Waals surface area contributed by atoms with Gasteiger partial charge in [0, 0.05) is 13.2 Å². The first kappa shape index (κ1) is 15.1. The van der Waals surface area contributed by atoms with Gasteiger partial charge in [0.25, 0.3) is 0 Å². The van der Waals surface area contributed by atoms with E-state index in [-0.39, 0.29) is 12.3 Å². The van der Waals surface area contributed by atoms with Crippen LogP contribution in [0.25, 0.3) is 0 Å². The monoisotopic (exact) mass is 252 g/mol. The quantitative estimate of drug-likeness (QED) is 0.420. The zero-order valence-electron chi connectivity index (χ0n) is 11.5. The van der Waals surface area contributed by atoms with Crippen LogP contribution in [0.2, 0.25) is 0 Å². The van der Waals surface area contributed by atoms with Crippen molar-refractivity contribution in [3.63, 3.8) is 0 Å². The Labute approximate surface area is 109 Å². The fraction of sp³-hybridized carbons (Fsp3) is 0.571. The zero-order chi connectivity index (χ0) is 13.4. The van der Waals surface area contributed by atoms with E-state index >= 15 is 0 Å². The Bertz CT molecular complexity index is 338. The summed E-state index contributed by atoms with van der Waals surface area (Å²) in [5, 5.41) is 0. The minimum absolute atomic E-state index is 0.0500. The maximum atomic E-state index is 5.62. The summed E-state index contributed by atoms with van der Waals surface area (Å²) in [6.07, 6.45) is 0.470. The largest absolute Gasteiger partial charge is 0.351 e. The van der Waals surface area contributed by atoms with E-state index in [0.29, 0.717) is 13.2 Å². The van der Waals surface area contributed by atoms with Crippen molar-refractivity contribution in [2.45, 2.75) is 39.5 Å². The molecule has 1 atom stereocenters. The van der Waals surface area contributed by atoms with Crippen LogP contribution in [-0.4, -0.2) is 25.5 Å². The third-order valence-corrected chi connectivity index (χ3v) is 2.91. The lowest BCUT2D eigenvalue weighted by Gasteiger charge is -2.26. The highest BCUT2D eigenvalue weighted by Crippen LogP contribution is 2.13. The number of nitrogens with two attached hydrogens (primary N) is 1. The van der Waals surface area contributed by atoms with Crippen molar-refractivity contribution >= 4 is 0 Å². The molecule has 0 saturated heterocycles. The molecule has 4 heteroatoms. The third kappa shape index (κ3) is 4.38. The normalized spacial score (nSPS) is 12.9. The Morgan fingerprint density at radius 3 is 2.28 bits per heavy atom. The Morgan fingerprint density at radius 1 is 1.17 bits per heavy atom. The molecule has 0 saturated carbocycles. The summed E-state index contributed by atoms with van der Waals surface area (Å²) in [5.74, 6) is 5.62. The van der Waals surface area contributed by atoms with E-state index in [1.807, 2.05) is 26.0 Å². The number of ether oxygens (including phenoxy) is 2. The van der Waals surface area contributed by atoms with Crippen LogP contribution in [-0.2, 0) is 15.9 Å². The molecule has 102 valence electrons. The second-order valence-electron chi connectivity index (χ2n) is 4.18. The molecule has 4 nitrogen and oxygen atoms in total. The molecule has 0 aliphatic carbocycles. The van der Waals surface area contributed by atoms with Crippen molar-refractivity contribution in [3.8, 4) is 0 Å². The molecule has 0 amide bonds. The maximum absolute atomic E-state index is 5.62. The van der Waals surface area contributed by atoms with Crippen molar-refractivity contribution in [1.29, 1.82) is 0 Å². The van der Waals surface area contributed by atoms with Gasteiger partial charge in [-0.1, -0.05) is 24.3 Å². The summed E-state index contributed by atoms with van der Waals surface area (Å²) in [5.41, 5.74) is 5.31. The second-order valence-corrected chi connectivity index (χ2v) is 4.18. The summed E-state index contributed by atoms with van der Waals surface area (Å²) in [7, 11) is 0. The molecule has 0 aliphatic rings. The summed E-state index contributed by atoms with van der Waals surface area (Å²) >= 11 is 0. The standard InChI is InChI=1S/C14H24N2O2/c1-4-17-14(18-5-2)13(16-15)10-12-9-7-6-8-11(12)3/h6-9,13-14,16H,4-5,10,15H2,1-3H3. The van der Waals surface area contributed by atoms with Crippen LogP contribution in [0.3, 0.4) is 0 Å². The molecular weight excluding hydrogens is 228 g/mol. The van der Waals surface area contributed by atoms with Crippen LogP contribution < -0.4 is 11.3 Å². The van der Waals surface area contributed by atoms with Gasteiger partial charge in [0.1, 0.15) is 0 Å². The first-order valence-electron chi connectivity index (χ1n) is 6.46. The Morgan fingerprint density at radius 2 is 1.78 bits per heavy atom. The molecule has 0 aromatic heterocycles. The zero-order valence-corrected chi connectivity index (χ0v) is 11.5. The van der Waals surface area contributed by atoms with Crippen LogP contribution in [0.4, 0.5) is 0 Å². The molecular formula is C14H24N2O2. The number of rotatable bonds is 8. The van der Waals surface area contributed by atoms with Gasteiger partial charge >= 0.3 is 0 Å². The van der Waals surface area contributed by atoms with Crippen molar-refractivity contribution < 1.29 is 9.47 Å². The summed E-state index contributed by atoms with van der Waals surface area (Å²) in [6.45, 7) is 7.22. The van der Waals surface area contributed by atoms with Crippen LogP contribution in [0.1, 0.15) is 25.0 Å². The fourth-order valence-corrected chi connectivity index (χ4v) is 1.92. The van der Waals surface area contributed by atoms with Crippen molar-refractivity contribution in [2.75, 3.05) is 13.2 Å². The molecule has 0 aliphatic heterocycles. The van der Waals surface area contributed by atoms with E-state index < -0.39 is 0 Å². The van der Waals surface area contributed by atoms with Crippen molar-refractivity contribution in [2.24, 2.45) is 5.84 Å². The van der Waals surface area contributed by atoms with E-state index in [1.54, 1.807) is 0 Å². The Balaban J connectivity index is 2.73. The number of benzene rings is 1. The van der Waals surface area contributed by atoms with Crippen LogP contribution in [0.5, 0.6) is 0 Å². The Kier molecular flexibility index (Phi) is 6.90. The van der Waals surface area contributed by atoms with Crippen LogP contribution in [0, 0.1) is 6.92 Å². The number of nitrogens with one attached hydrogen (secondary N) is 1. The molecule has 0 radical (unpaired) electrons. The Hall–Kier alpha value is -0.940. The highest BCUT2D eigenvalue weighted by Gasteiger charge is 2.21. The summed E-state index contributed by atoms with van der Waals surface area (Å²) in [4.78, 5) is 0.